The second kappa shape index (κ2) is 6.52. The van der Waals surface area contributed by atoms with Gasteiger partial charge in [-0.3, -0.25) is 4.79 Å². The topological polar surface area (TPSA) is 61.5 Å². The van der Waals surface area contributed by atoms with E-state index in [1.54, 1.807) is 0 Å². The lowest BCUT2D eigenvalue weighted by Gasteiger charge is -2.12. The number of methoxy groups -OCH3 is 1. The largest absolute Gasteiger partial charge is 0.468 e. The Balaban J connectivity index is 0.00000162. The van der Waals surface area contributed by atoms with Gasteiger partial charge in [-0.25, -0.2) is 0 Å². The summed E-state index contributed by atoms with van der Waals surface area (Å²) in [7, 11) is 1.34. The first kappa shape index (κ1) is 15.4. The Morgan fingerprint density at radius 3 is 2.83 bits per heavy atom. The molecule has 0 fully saturated rings. The average molecular weight is 337 g/mol. The monoisotopic (exact) mass is 335 g/mol. The second-order valence-electron chi connectivity index (χ2n) is 3.99. The zero-order chi connectivity index (χ0) is 12.4. The van der Waals surface area contributed by atoms with Gasteiger partial charge in [0, 0.05) is 4.47 Å². The Morgan fingerprint density at radius 1 is 1.50 bits per heavy atom. The number of carbonyl (C=O) groups is 1. The third-order valence-electron chi connectivity index (χ3n) is 2.91. The van der Waals surface area contributed by atoms with Crippen LogP contribution in [0.1, 0.15) is 16.7 Å². The van der Waals surface area contributed by atoms with Gasteiger partial charge in [0.2, 0.25) is 0 Å². The molecule has 18 heavy (non-hydrogen) atoms. The minimum atomic E-state index is -0.620. The van der Waals surface area contributed by atoms with E-state index in [2.05, 4.69) is 20.7 Å². The molecule has 1 aliphatic heterocycles. The van der Waals surface area contributed by atoms with Gasteiger partial charge >= 0.3 is 5.97 Å². The SMILES string of the molecule is COC(=O)[C@@H](N)Cc1ccc(Br)c2c1COC2.Cl. The predicted molar refractivity (Wildman–Crippen MR) is 73.6 cm³/mol. The number of hydrogen-bond acceptors (Lipinski definition) is 4. The molecular formula is C12H15BrClNO3. The highest BCUT2D eigenvalue weighted by Gasteiger charge is 2.21. The van der Waals surface area contributed by atoms with E-state index >= 15 is 0 Å². The molecule has 1 aromatic carbocycles. The summed E-state index contributed by atoms with van der Waals surface area (Å²) in [4.78, 5) is 11.3. The van der Waals surface area contributed by atoms with Crippen molar-refractivity contribution in [3.8, 4) is 0 Å². The number of halogens is 2. The Labute approximate surface area is 120 Å². The van der Waals surface area contributed by atoms with E-state index in [0.717, 1.165) is 21.2 Å². The van der Waals surface area contributed by atoms with Gasteiger partial charge in [-0.2, -0.15) is 0 Å². The molecule has 0 aromatic heterocycles. The third kappa shape index (κ3) is 3.03. The van der Waals surface area contributed by atoms with Crippen LogP contribution in [-0.2, 0) is 33.9 Å². The maximum absolute atomic E-state index is 11.3. The molecule has 0 bridgehead atoms. The van der Waals surface area contributed by atoms with E-state index in [1.807, 2.05) is 12.1 Å². The molecule has 0 amide bonds. The molecule has 6 heteroatoms. The van der Waals surface area contributed by atoms with E-state index in [1.165, 1.54) is 7.11 Å². The Morgan fingerprint density at radius 2 is 2.17 bits per heavy atom. The van der Waals surface area contributed by atoms with Crippen molar-refractivity contribution < 1.29 is 14.3 Å². The lowest BCUT2D eigenvalue weighted by molar-refractivity contribution is -0.142. The van der Waals surface area contributed by atoms with Gasteiger partial charge in [-0.05, 0) is 29.2 Å². The number of hydrogen-bond donors (Lipinski definition) is 1. The quantitative estimate of drug-likeness (QED) is 0.857. The first-order valence-corrected chi connectivity index (χ1v) is 6.13. The van der Waals surface area contributed by atoms with Crippen LogP contribution < -0.4 is 5.73 Å². The van der Waals surface area contributed by atoms with Gasteiger partial charge < -0.3 is 15.2 Å². The lowest BCUT2D eigenvalue weighted by atomic mass is 9.98. The zero-order valence-electron chi connectivity index (χ0n) is 9.94. The van der Waals surface area contributed by atoms with Crippen LogP contribution in [0, 0.1) is 0 Å². The summed E-state index contributed by atoms with van der Waals surface area (Å²) in [6.07, 6.45) is 0.478. The highest BCUT2D eigenvalue weighted by atomic mass is 79.9. The number of fused-ring (bicyclic) bond motifs is 1. The molecule has 4 nitrogen and oxygen atoms in total. The molecule has 0 unspecified atom stereocenters. The highest BCUT2D eigenvalue weighted by Crippen LogP contribution is 2.30. The van der Waals surface area contributed by atoms with Crippen LogP contribution in [0.5, 0.6) is 0 Å². The number of ether oxygens (including phenoxy) is 2. The number of rotatable bonds is 3. The number of carbonyl (C=O) groups excluding carboxylic acids is 1. The van der Waals surface area contributed by atoms with E-state index in [9.17, 15) is 4.79 Å². The van der Waals surface area contributed by atoms with Crippen molar-refractivity contribution in [2.24, 2.45) is 5.73 Å². The van der Waals surface area contributed by atoms with Crippen molar-refractivity contribution in [3.05, 3.63) is 33.3 Å². The molecule has 1 atom stereocenters. The molecule has 1 heterocycles. The molecule has 2 rings (SSSR count). The minimum absolute atomic E-state index is 0. The lowest BCUT2D eigenvalue weighted by Crippen LogP contribution is -2.33. The first-order chi connectivity index (χ1) is 8.13. The number of benzene rings is 1. The molecule has 0 saturated carbocycles. The number of nitrogens with two attached hydrogens (primary N) is 1. The van der Waals surface area contributed by atoms with Crippen LogP contribution in [-0.4, -0.2) is 19.1 Å². The van der Waals surface area contributed by atoms with Crippen LogP contribution in [0.4, 0.5) is 0 Å². The highest BCUT2D eigenvalue weighted by molar-refractivity contribution is 9.10. The van der Waals surface area contributed by atoms with Crippen molar-refractivity contribution in [2.75, 3.05) is 7.11 Å². The summed E-state index contributed by atoms with van der Waals surface area (Å²) in [5.41, 5.74) is 9.11. The fourth-order valence-electron chi connectivity index (χ4n) is 1.97. The summed E-state index contributed by atoms with van der Waals surface area (Å²) >= 11 is 3.49. The summed E-state index contributed by atoms with van der Waals surface area (Å²) < 4.78 is 11.1. The Kier molecular flexibility index (Phi) is 5.59. The Bertz CT molecular complexity index is 453. The fourth-order valence-corrected chi connectivity index (χ4v) is 2.45. The third-order valence-corrected chi connectivity index (χ3v) is 3.65. The minimum Gasteiger partial charge on any atom is -0.468 e. The van der Waals surface area contributed by atoms with E-state index < -0.39 is 6.04 Å². The van der Waals surface area contributed by atoms with Crippen molar-refractivity contribution >= 4 is 34.3 Å². The van der Waals surface area contributed by atoms with Gasteiger partial charge in [0.1, 0.15) is 6.04 Å². The van der Waals surface area contributed by atoms with Gasteiger partial charge in [-0.1, -0.05) is 22.0 Å². The molecule has 0 spiro atoms. The second-order valence-corrected chi connectivity index (χ2v) is 4.84. The standard InChI is InChI=1S/C12H14BrNO3.ClH/c1-16-12(15)11(14)4-7-2-3-10(13)9-6-17-5-8(7)9;/h2-3,11H,4-6,14H2,1H3;1H/t11-;/m0./s1. The van der Waals surface area contributed by atoms with Crippen LogP contribution in [0.15, 0.2) is 16.6 Å². The van der Waals surface area contributed by atoms with Gasteiger partial charge in [0.05, 0.1) is 20.3 Å². The van der Waals surface area contributed by atoms with Crippen LogP contribution in [0.3, 0.4) is 0 Å². The van der Waals surface area contributed by atoms with Crippen LogP contribution >= 0.6 is 28.3 Å². The smallest absolute Gasteiger partial charge is 0.322 e. The summed E-state index contributed by atoms with van der Waals surface area (Å²) in [6, 6.07) is 3.32. The average Bonchev–Trinajstić information content (AvgIpc) is 2.81. The zero-order valence-corrected chi connectivity index (χ0v) is 12.3. The number of esters is 1. The summed E-state index contributed by atoms with van der Waals surface area (Å²) in [6.45, 7) is 1.19. The van der Waals surface area contributed by atoms with Crippen molar-refractivity contribution in [1.29, 1.82) is 0 Å². The maximum atomic E-state index is 11.3. The first-order valence-electron chi connectivity index (χ1n) is 5.33. The molecule has 100 valence electrons. The van der Waals surface area contributed by atoms with Crippen molar-refractivity contribution in [3.63, 3.8) is 0 Å². The molecule has 2 N–H and O–H groups in total. The Hall–Kier alpha value is -0.620. The van der Waals surface area contributed by atoms with Crippen LogP contribution in [0.25, 0.3) is 0 Å². The fraction of sp³-hybridized carbons (Fsp3) is 0.417. The van der Waals surface area contributed by atoms with Crippen molar-refractivity contribution in [2.45, 2.75) is 25.7 Å². The molecule has 1 aliphatic rings. The molecule has 0 aliphatic carbocycles. The molecule has 1 aromatic rings. The maximum Gasteiger partial charge on any atom is 0.322 e. The van der Waals surface area contributed by atoms with E-state index in [0.29, 0.717) is 19.6 Å². The van der Waals surface area contributed by atoms with Gasteiger partial charge in [0.25, 0.3) is 0 Å². The molecule has 0 saturated heterocycles. The van der Waals surface area contributed by atoms with E-state index in [4.69, 9.17) is 10.5 Å². The van der Waals surface area contributed by atoms with Gasteiger partial charge in [-0.15, -0.1) is 12.4 Å². The van der Waals surface area contributed by atoms with Gasteiger partial charge in [0.15, 0.2) is 0 Å². The molecule has 0 radical (unpaired) electrons. The normalized spacial score (nSPS) is 14.6. The van der Waals surface area contributed by atoms with E-state index in [-0.39, 0.29) is 18.4 Å². The predicted octanol–water partition coefficient (Wildman–Crippen LogP) is 1.94. The summed E-state index contributed by atoms with van der Waals surface area (Å²) in [5.74, 6) is -0.388. The molecular weight excluding hydrogens is 321 g/mol. The summed E-state index contributed by atoms with van der Waals surface area (Å²) in [5, 5.41) is 0. The van der Waals surface area contributed by atoms with Crippen LogP contribution in [0.2, 0.25) is 0 Å². The van der Waals surface area contributed by atoms with Crippen molar-refractivity contribution in [1.82, 2.24) is 0 Å².